The summed E-state index contributed by atoms with van der Waals surface area (Å²) >= 11 is 0. The Bertz CT molecular complexity index is 784. The van der Waals surface area contributed by atoms with Crippen molar-refractivity contribution in [2.24, 2.45) is 0 Å². The lowest BCUT2D eigenvalue weighted by Crippen LogP contribution is -2.51. The van der Waals surface area contributed by atoms with Crippen LogP contribution in [0, 0.1) is 6.92 Å². The van der Waals surface area contributed by atoms with Gasteiger partial charge in [-0.3, -0.25) is 4.79 Å². The average molecular weight is 353 g/mol. The first-order chi connectivity index (χ1) is 12.6. The number of carbonyl (C=O) groups excluding carboxylic acids is 2. The third kappa shape index (κ3) is 3.96. The molecule has 1 saturated heterocycles. The maximum Gasteiger partial charge on any atom is 0.321 e. The first-order valence-corrected chi connectivity index (χ1v) is 8.63. The van der Waals surface area contributed by atoms with Crippen molar-refractivity contribution in [1.82, 2.24) is 9.80 Å². The molecule has 0 atom stereocenters. The van der Waals surface area contributed by atoms with Crippen LogP contribution in [-0.4, -0.2) is 55.0 Å². The molecule has 1 heterocycles. The highest BCUT2D eigenvalue weighted by Gasteiger charge is 2.26. The number of aryl methyl sites for hydroxylation is 1. The molecule has 0 unspecified atom stereocenters. The molecule has 1 aliphatic rings. The second kappa shape index (κ2) is 7.91. The summed E-state index contributed by atoms with van der Waals surface area (Å²) in [5.41, 5.74) is 2.34. The van der Waals surface area contributed by atoms with Crippen LogP contribution in [0.1, 0.15) is 15.9 Å². The first-order valence-electron chi connectivity index (χ1n) is 8.63. The van der Waals surface area contributed by atoms with Crippen molar-refractivity contribution in [1.29, 1.82) is 0 Å². The fraction of sp³-hybridized carbons (Fsp3) is 0.300. The lowest BCUT2D eigenvalue weighted by molar-refractivity contribution is 0.0668. The van der Waals surface area contributed by atoms with Gasteiger partial charge in [-0.1, -0.05) is 29.8 Å². The highest BCUT2D eigenvalue weighted by atomic mass is 16.5. The van der Waals surface area contributed by atoms with Gasteiger partial charge >= 0.3 is 6.03 Å². The molecule has 2 aromatic carbocycles. The van der Waals surface area contributed by atoms with E-state index in [1.54, 1.807) is 16.9 Å². The molecule has 3 rings (SSSR count). The minimum Gasteiger partial charge on any atom is -0.496 e. The molecule has 1 N–H and O–H groups in total. The number of rotatable bonds is 3. The lowest BCUT2D eigenvalue weighted by atomic mass is 10.1. The fourth-order valence-corrected chi connectivity index (χ4v) is 3.00. The van der Waals surface area contributed by atoms with Crippen LogP contribution in [0.3, 0.4) is 0 Å². The van der Waals surface area contributed by atoms with Crippen LogP contribution in [0.25, 0.3) is 0 Å². The van der Waals surface area contributed by atoms with E-state index in [1.807, 2.05) is 55.5 Å². The van der Waals surface area contributed by atoms with E-state index in [9.17, 15) is 9.59 Å². The topological polar surface area (TPSA) is 61.9 Å². The molecule has 26 heavy (non-hydrogen) atoms. The van der Waals surface area contributed by atoms with Gasteiger partial charge in [-0.25, -0.2) is 4.79 Å². The third-order valence-electron chi connectivity index (χ3n) is 4.46. The van der Waals surface area contributed by atoms with Crippen molar-refractivity contribution in [2.45, 2.75) is 6.92 Å². The number of hydrogen-bond donors (Lipinski definition) is 1. The fourth-order valence-electron chi connectivity index (χ4n) is 3.00. The Kier molecular flexibility index (Phi) is 5.41. The molecule has 1 fully saturated rings. The van der Waals surface area contributed by atoms with E-state index in [0.717, 1.165) is 11.3 Å². The van der Waals surface area contributed by atoms with Crippen molar-refractivity contribution in [2.75, 3.05) is 38.6 Å². The number of nitrogens with one attached hydrogen (secondary N) is 1. The minimum absolute atomic E-state index is 0.0614. The Morgan fingerprint density at radius 2 is 1.62 bits per heavy atom. The Hall–Kier alpha value is -3.02. The van der Waals surface area contributed by atoms with E-state index in [4.69, 9.17) is 4.74 Å². The Balaban J connectivity index is 1.60. The van der Waals surface area contributed by atoms with Crippen molar-refractivity contribution in [3.63, 3.8) is 0 Å². The van der Waals surface area contributed by atoms with Crippen LogP contribution in [0.5, 0.6) is 5.75 Å². The summed E-state index contributed by atoms with van der Waals surface area (Å²) in [5.74, 6) is 0.513. The molecule has 6 nitrogen and oxygen atoms in total. The molecule has 0 spiro atoms. The molecule has 0 saturated carbocycles. The number of para-hydroxylation sites is 1. The predicted octanol–water partition coefficient (Wildman–Crippen LogP) is 2.99. The standard InChI is InChI=1S/C20H23N3O3/c1-15-8-9-18(26-2)17(14-15)19(24)22-10-12-23(13-11-22)20(25)21-16-6-4-3-5-7-16/h3-9,14H,10-13H2,1-2H3,(H,21,25). The molecule has 1 aliphatic heterocycles. The number of hydrogen-bond acceptors (Lipinski definition) is 3. The van der Waals surface area contributed by atoms with Crippen molar-refractivity contribution < 1.29 is 14.3 Å². The molecule has 0 aliphatic carbocycles. The van der Waals surface area contributed by atoms with Gasteiger partial charge in [0, 0.05) is 31.9 Å². The number of piperazine rings is 1. The van der Waals surface area contributed by atoms with Crippen LogP contribution < -0.4 is 10.1 Å². The SMILES string of the molecule is COc1ccc(C)cc1C(=O)N1CCN(C(=O)Nc2ccccc2)CC1. The maximum atomic E-state index is 12.8. The van der Waals surface area contributed by atoms with E-state index >= 15 is 0 Å². The van der Waals surface area contributed by atoms with Gasteiger partial charge in [-0.15, -0.1) is 0 Å². The zero-order valence-electron chi connectivity index (χ0n) is 15.1. The summed E-state index contributed by atoms with van der Waals surface area (Å²) in [7, 11) is 1.56. The van der Waals surface area contributed by atoms with Gasteiger partial charge in [-0.2, -0.15) is 0 Å². The Labute approximate surface area is 153 Å². The maximum absolute atomic E-state index is 12.8. The normalized spacial score (nSPS) is 14.1. The number of nitrogens with zero attached hydrogens (tertiary/aromatic N) is 2. The summed E-state index contributed by atoms with van der Waals surface area (Å²) < 4.78 is 5.32. The number of carbonyl (C=O) groups is 2. The molecule has 0 radical (unpaired) electrons. The van der Waals surface area contributed by atoms with Crippen LogP contribution >= 0.6 is 0 Å². The zero-order chi connectivity index (χ0) is 18.5. The van der Waals surface area contributed by atoms with E-state index in [-0.39, 0.29) is 11.9 Å². The first kappa shape index (κ1) is 17.8. The molecule has 3 amide bonds. The Morgan fingerprint density at radius 1 is 0.962 bits per heavy atom. The monoisotopic (exact) mass is 353 g/mol. The highest BCUT2D eigenvalue weighted by molar-refractivity contribution is 5.97. The molecule has 136 valence electrons. The molecule has 6 heteroatoms. The molecule has 2 aromatic rings. The molecule has 0 bridgehead atoms. The van der Waals surface area contributed by atoms with E-state index in [2.05, 4.69) is 5.32 Å². The quantitative estimate of drug-likeness (QED) is 0.923. The number of urea groups is 1. The third-order valence-corrected chi connectivity index (χ3v) is 4.46. The van der Waals surface area contributed by atoms with Gasteiger partial charge in [0.05, 0.1) is 12.7 Å². The number of methoxy groups -OCH3 is 1. The molecular weight excluding hydrogens is 330 g/mol. The predicted molar refractivity (Wildman–Crippen MR) is 101 cm³/mol. The van der Waals surface area contributed by atoms with Gasteiger partial charge < -0.3 is 19.9 Å². The summed E-state index contributed by atoms with van der Waals surface area (Å²) in [6, 6.07) is 14.8. The summed E-state index contributed by atoms with van der Waals surface area (Å²) in [5, 5.41) is 2.88. The second-order valence-electron chi connectivity index (χ2n) is 6.28. The lowest BCUT2D eigenvalue weighted by Gasteiger charge is -2.35. The number of amides is 3. The van der Waals surface area contributed by atoms with Crippen LogP contribution in [0.15, 0.2) is 48.5 Å². The number of benzene rings is 2. The van der Waals surface area contributed by atoms with Gasteiger partial charge in [0.2, 0.25) is 0 Å². The van der Waals surface area contributed by atoms with Gasteiger partial charge in [0.15, 0.2) is 0 Å². The average Bonchev–Trinajstić information content (AvgIpc) is 2.68. The number of anilines is 1. The van der Waals surface area contributed by atoms with Gasteiger partial charge in [0.25, 0.3) is 5.91 Å². The summed E-state index contributed by atoms with van der Waals surface area (Å²) in [6.45, 7) is 3.94. The van der Waals surface area contributed by atoms with Crippen LogP contribution in [0.4, 0.5) is 10.5 Å². The second-order valence-corrected chi connectivity index (χ2v) is 6.28. The van der Waals surface area contributed by atoms with Crippen molar-refractivity contribution in [3.8, 4) is 5.75 Å². The van der Waals surface area contributed by atoms with E-state index in [1.165, 1.54) is 0 Å². The van der Waals surface area contributed by atoms with E-state index < -0.39 is 0 Å². The molecule has 0 aromatic heterocycles. The van der Waals surface area contributed by atoms with Crippen LogP contribution in [0.2, 0.25) is 0 Å². The zero-order valence-corrected chi connectivity index (χ0v) is 15.1. The van der Waals surface area contributed by atoms with Gasteiger partial charge in [0.1, 0.15) is 5.75 Å². The smallest absolute Gasteiger partial charge is 0.321 e. The molecular formula is C20H23N3O3. The summed E-state index contributed by atoms with van der Waals surface area (Å²) in [6.07, 6.45) is 0. The highest BCUT2D eigenvalue weighted by Crippen LogP contribution is 2.22. The number of ether oxygens (including phenoxy) is 1. The van der Waals surface area contributed by atoms with Crippen molar-refractivity contribution >= 4 is 17.6 Å². The minimum atomic E-state index is -0.142. The van der Waals surface area contributed by atoms with Crippen LogP contribution in [-0.2, 0) is 0 Å². The van der Waals surface area contributed by atoms with Gasteiger partial charge in [-0.05, 0) is 31.2 Å². The van der Waals surface area contributed by atoms with Crippen molar-refractivity contribution in [3.05, 3.63) is 59.7 Å². The Morgan fingerprint density at radius 3 is 2.27 bits per heavy atom. The largest absolute Gasteiger partial charge is 0.496 e. The van der Waals surface area contributed by atoms with E-state index in [0.29, 0.717) is 37.5 Å². The summed E-state index contributed by atoms with van der Waals surface area (Å²) in [4.78, 5) is 28.7.